The van der Waals surface area contributed by atoms with Crippen molar-refractivity contribution in [2.45, 2.75) is 6.54 Å². The smallest absolute Gasteiger partial charge is 0.312 e. The number of carbonyl (C=O) groups is 1. The Kier molecular flexibility index (Phi) is 4.77. The van der Waals surface area contributed by atoms with E-state index in [4.69, 9.17) is 5.73 Å². The average Bonchev–Trinajstić information content (AvgIpc) is 2.59. The molecule has 1 rings (SSSR count). The Morgan fingerprint density at radius 1 is 1.53 bits per heavy atom. The van der Waals surface area contributed by atoms with Crippen molar-refractivity contribution in [3.8, 4) is 0 Å². The molecule has 1 heterocycles. The van der Waals surface area contributed by atoms with Crippen LogP contribution in [0.1, 0.15) is 5.69 Å². The molecule has 0 aliphatic heterocycles. The number of hydrogen-bond acceptors (Lipinski definition) is 4. The van der Waals surface area contributed by atoms with Crippen LogP contribution < -0.4 is 21.3 Å². The molecule has 0 atom stereocenters. The summed E-state index contributed by atoms with van der Waals surface area (Å²) >= 11 is 0. The molecule has 7 heteroatoms. The normalized spacial score (nSPS) is 10.3. The van der Waals surface area contributed by atoms with Gasteiger partial charge in [-0.2, -0.15) is 0 Å². The third-order valence-corrected chi connectivity index (χ3v) is 2.37. The van der Waals surface area contributed by atoms with Crippen LogP contribution in [-0.4, -0.2) is 42.8 Å². The van der Waals surface area contributed by atoms with Gasteiger partial charge in [0.25, 0.3) is 0 Å². The minimum Gasteiger partial charge on any atom is -0.352 e. The highest BCUT2D eigenvalue weighted by Crippen LogP contribution is 2.10. The van der Waals surface area contributed by atoms with Crippen LogP contribution in [0.4, 0.5) is 10.7 Å². The molecule has 0 saturated heterocycles. The van der Waals surface area contributed by atoms with Gasteiger partial charge in [-0.05, 0) is 0 Å². The van der Waals surface area contributed by atoms with Gasteiger partial charge in [0.05, 0.1) is 11.9 Å². The molecule has 0 aliphatic carbocycles. The maximum atomic E-state index is 10.4. The molecule has 17 heavy (non-hydrogen) atoms. The summed E-state index contributed by atoms with van der Waals surface area (Å²) < 4.78 is 2.02. The highest BCUT2D eigenvalue weighted by molar-refractivity contribution is 5.71. The van der Waals surface area contributed by atoms with Crippen LogP contribution >= 0.6 is 0 Å². The lowest BCUT2D eigenvalue weighted by atomic mass is 10.4. The van der Waals surface area contributed by atoms with E-state index in [2.05, 4.69) is 15.6 Å². The first kappa shape index (κ1) is 13.3. The number of carbonyl (C=O) groups excluding carboxylic acids is 1. The topological polar surface area (TPSA) is 88.2 Å². The molecule has 4 N–H and O–H groups in total. The number of aromatic nitrogens is 2. The number of nitrogens with one attached hydrogen (secondary N) is 2. The van der Waals surface area contributed by atoms with Crippen molar-refractivity contribution >= 4 is 12.0 Å². The van der Waals surface area contributed by atoms with Gasteiger partial charge in [0.15, 0.2) is 0 Å². The van der Waals surface area contributed by atoms with Crippen molar-refractivity contribution in [3.05, 3.63) is 11.9 Å². The summed E-state index contributed by atoms with van der Waals surface area (Å²) in [5.74, 6) is 0.914. The third kappa shape index (κ3) is 3.95. The van der Waals surface area contributed by atoms with E-state index < -0.39 is 6.03 Å². The number of rotatable bonds is 6. The Labute approximate surface area is 101 Å². The molecule has 2 amide bonds. The maximum Gasteiger partial charge on any atom is 0.312 e. The van der Waals surface area contributed by atoms with E-state index in [1.54, 1.807) is 0 Å². The minimum atomic E-state index is -0.498. The largest absolute Gasteiger partial charge is 0.352 e. The van der Waals surface area contributed by atoms with Crippen LogP contribution in [0.2, 0.25) is 0 Å². The number of nitrogens with zero attached hydrogens (tertiary/aromatic N) is 3. The molecule has 0 aliphatic rings. The summed E-state index contributed by atoms with van der Waals surface area (Å²) in [4.78, 5) is 16.7. The van der Waals surface area contributed by atoms with Gasteiger partial charge in [0.2, 0.25) is 5.95 Å². The molecule has 1 aromatic heterocycles. The molecule has 0 radical (unpaired) electrons. The van der Waals surface area contributed by atoms with Gasteiger partial charge in [-0.3, -0.25) is 0 Å². The summed E-state index contributed by atoms with van der Waals surface area (Å²) in [6, 6.07) is -0.498. The van der Waals surface area contributed by atoms with Gasteiger partial charge in [-0.25, -0.2) is 9.78 Å². The van der Waals surface area contributed by atoms with Crippen LogP contribution in [-0.2, 0) is 13.6 Å². The number of nitrogens with two attached hydrogens (primary N) is 1. The Bertz CT molecular complexity index is 373. The summed E-state index contributed by atoms with van der Waals surface area (Å²) in [5, 5.41) is 5.72. The van der Waals surface area contributed by atoms with Crippen molar-refractivity contribution in [1.29, 1.82) is 0 Å². The van der Waals surface area contributed by atoms with Crippen LogP contribution in [0, 0.1) is 0 Å². The lowest BCUT2D eigenvalue weighted by molar-refractivity contribution is 0.249. The molecule has 7 nitrogen and oxygen atoms in total. The van der Waals surface area contributed by atoms with E-state index in [1.165, 1.54) is 0 Å². The number of hydrogen-bond donors (Lipinski definition) is 3. The number of urea groups is 1. The Morgan fingerprint density at radius 3 is 2.76 bits per heavy atom. The molecule has 96 valence electrons. The fraction of sp³-hybridized carbons (Fsp3) is 0.600. The number of anilines is 1. The summed E-state index contributed by atoms with van der Waals surface area (Å²) in [6.45, 7) is 1.90. The van der Waals surface area contributed by atoms with Crippen molar-refractivity contribution in [3.63, 3.8) is 0 Å². The van der Waals surface area contributed by atoms with E-state index in [0.717, 1.165) is 11.6 Å². The summed E-state index contributed by atoms with van der Waals surface area (Å²) in [6.07, 6.45) is 1.84. The van der Waals surface area contributed by atoms with Crippen molar-refractivity contribution in [2.75, 3.05) is 32.1 Å². The van der Waals surface area contributed by atoms with E-state index >= 15 is 0 Å². The van der Waals surface area contributed by atoms with Crippen LogP contribution in [0.5, 0.6) is 0 Å². The van der Waals surface area contributed by atoms with Crippen LogP contribution in [0.25, 0.3) is 0 Å². The Morgan fingerprint density at radius 2 is 2.24 bits per heavy atom. The number of primary amides is 1. The molecule has 1 aromatic rings. The predicted molar refractivity (Wildman–Crippen MR) is 66.8 cm³/mol. The molecular weight excluding hydrogens is 220 g/mol. The second-order valence-corrected chi connectivity index (χ2v) is 3.97. The fourth-order valence-corrected chi connectivity index (χ4v) is 1.50. The Balaban J connectivity index is 2.34. The first-order valence-electron chi connectivity index (χ1n) is 5.44. The average molecular weight is 240 g/mol. The quantitative estimate of drug-likeness (QED) is 0.571. The lowest BCUT2D eigenvalue weighted by Crippen LogP contribution is -2.35. The van der Waals surface area contributed by atoms with E-state index in [-0.39, 0.29) is 0 Å². The lowest BCUT2D eigenvalue weighted by Gasteiger charge is -2.12. The van der Waals surface area contributed by atoms with E-state index in [9.17, 15) is 4.79 Å². The zero-order valence-electron chi connectivity index (χ0n) is 10.5. The van der Waals surface area contributed by atoms with Crippen molar-refractivity contribution in [2.24, 2.45) is 12.8 Å². The monoisotopic (exact) mass is 240 g/mol. The zero-order valence-corrected chi connectivity index (χ0v) is 10.5. The summed E-state index contributed by atoms with van der Waals surface area (Å²) in [5.41, 5.74) is 6.04. The number of imidazole rings is 1. The molecule has 0 saturated carbocycles. The second kappa shape index (κ2) is 6.09. The molecule has 0 aromatic carbocycles. The molecule has 0 unspecified atom stereocenters. The minimum absolute atomic E-state index is 0.498. The van der Waals surface area contributed by atoms with Gasteiger partial charge < -0.3 is 25.8 Å². The molecule has 0 bridgehead atoms. The third-order valence-electron chi connectivity index (χ3n) is 2.37. The predicted octanol–water partition coefficient (Wildman–Crippen LogP) is -0.756. The molecule has 0 spiro atoms. The van der Waals surface area contributed by atoms with Gasteiger partial charge >= 0.3 is 6.03 Å². The van der Waals surface area contributed by atoms with E-state index in [0.29, 0.717) is 19.6 Å². The van der Waals surface area contributed by atoms with Gasteiger partial charge in [0, 0.05) is 40.8 Å². The van der Waals surface area contributed by atoms with Crippen LogP contribution in [0.3, 0.4) is 0 Å². The first-order valence-corrected chi connectivity index (χ1v) is 5.44. The summed E-state index contributed by atoms with van der Waals surface area (Å²) in [7, 11) is 5.88. The highest BCUT2D eigenvalue weighted by Gasteiger charge is 2.06. The van der Waals surface area contributed by atoms with Gasteiger partial charge in [-0.1, -0.05) is 0 Å². The van der Waals surface area contributed by atoms with Gasteiger partial charge in [-0.15, -0.1) is 0 Å². The zero-order chi connectivity index (χ0) is 12.8. The SMILES string of the molecule is CN(C)c1ncc(CNCCNC(N)=O)n1C. The Hall–Kier alpha value is -1.76. The van der Waals surface area contributed by atoms with Crippen LogP contribution in [0.15, 0.2) is 6.20 Å². The highest BCUT2D eigenvalue weighted by atomic mass is 16.2. The van der Waals surface area contributed by atoms with Crippen molar-refractivity contribution < 1.29 is 4.79 Å². The second-order valence-electron chi connectivity index (χ2n) is 3.97. The molecular formula is C10H20N6O. The maximum absolute atomic E-state index is 10.4. The van der Waals surface area contributed by atoms with Crippen molar-refractivity contribution in [1.82, 2.24) is 20.2 Å². The van der Waals surface area contributed by atoms with Gasteiger partial charge in [0.1, 0.15) is 0 Å². The standard InChI is InChI=1S/C10H20N6O/c1-15(2)10-14-7-8(16(10)3)6-12-4-5-13-9(11)17/h7,12H,4-6H2,1-3H3,(H3,11,13,17). The number of amides is 2. The van der Waals surface area contributed by atoms with E-state index in [1.807, 2.05) is 36.8 Å². The molecule has 0 fully saturated rings. The fourth-order valence-electron chi connectivity index (χ4n) is 1.50. The first-order chi connectivity index (χ1) is 8.02.